The molecule has 0 aliphatic carbocycles. The van der Waals surface area contributed by atoms with Gasteiger partial charge in [0, 0.05) is 5.69 Å². The van der Waals surface area contributed by atoms with Gasteiger partial charge < -0.3 is 10.1 Å². The summed E-state index contributed by atoms with van der Waals surface area (Å²) in [7, 11) is 0. The van der Waals surface area contributed by atoms with Gasteiger partial charge in [-0.2, -0.15) is 5.10 Å². The minimum Gasteiger partial charge on any atom is -0.451 e. The number of aromatic nitrogens is 2. The summed E-state index contributed by atoms with van der Waals surface area (Å²) in [5, 5.41) is 17.7. The lowest BCUT2D eigenvalue weighted by Crippen LogP contribution is -2.31. The van der Waals surface area contributed by atoms with Gasteiger partial charge in [-0.15, -0.1) is 0 Å². The van der Waals surface area contributed by atoms with Crippen LogP contribution in [-0.4, -0.2) is 32.7 Å². The lowest BCUT2D eigenvalue weighted by Gasteiger charge is -2.14. The van der Waals surface area contributed by atoms with Crippen LogP contribution in [0.5, 0.6) is 0 Å². The number of nitro groups is 1. The van der Waals surface area contributed by atoms with Crippen LogP contribution in [0.4, 0.5) is 11.4 Å². The highest BCUT2D eigenvalue weighted by atomic mass is 16.6. The molecule has 9 heteroatoms. The molecule has 1 aromatic carbocycles. The molecular weight excluding hydrogens is 352 g/mol. The second-order valence-corrected chi connectivity index (χ2v) is 6.11. The molecule has 0 spiro atoms. The topological polar surface area (TPSA) is 116 Å². The van der Waals surface area contributed by atoms with Crippen molar-refractivity contribution in [3.8, 4) is 0 Å². The SMILES string of the molecule is CCc1ccc(NC(=O)[C@H](C)OC(=O)Cn2nc(C)c([N+](=O)[O-])c2C)cc1. The highest BCUT2D eigenvalue weighted by Crippen LogP contribution is 2.21. The molecular formula is C18H22N4O5. The second kappa shape index (κ2) is 8.43. The Morgan fingerprint density at radius 2 is 1.93 bits per heavy atom. The van der Waals surface area contributed by atoms with Gasteiger partial charge >= 0.3 is 11.7 Å². The number of rotatable bonds is 7. The summed E-state index contributed by atoms with van der Waals surface area (Å²) in [4.78, 5) is 34.7. The van der Waals surface area contributed by atoms with Gasteiger partial charge in [0.1, 0.15) is 17.9 Å². The van der Waals surface area contributed by atoms with Gasteiger partial charge in [-0.1, -0.05) is 19.1 Å². The van der Waals surface area contributed by atoms with Crippen molar-refractivity contribution in [1.29, 1.82) is 0 Å². The van der Waals surface area contributed by atoms with E-state index in [-0.39, 0.29) is 23.6 Å². The largest absolute Gasteiger partial charge is 0.451 e. The summed E-state index contributed by atoms with van der Waals surface area (Å²) in [6.45, 7) is 6.17. The molecule has 0 aliphatic rings. The monoisotopic (exact) mass is 374 g/mol. The fraction of sp³-hybridized carbons (Fsp3) is 0.389. The second-order valence-electron chi connectivity index (χ2n) is 6.11. The molecule has 0 fully saturated rings. The fourth-order valence-electron chi connectivity index (χ4n) is 2.58. The Balaban J connectivity index is 1.95. The lowest BCUT2D eigenvalue weighted by molar-refractivity contribution is -0.386. The van der Waals surface area contributed by atoms with Crippen LogP contribution >= 0.6 is 0 Å². The van der Waals surface area contributed by atoms with E-state index in [1.807, 2.05) is 19.1 Å². The van der Waals surface area contributed by atoms with Crippen LogP contribution in [0.1, 0.15) is 30.8 Å². The minimum atomic E-state index is -1.02. The normalized spacial score (nSPS) is 11.7. The molecule has 0 radical (unpaired) electrons. The van der Waals surface area contributed by atoms with Crippen molar-refractivity contribution in [2.75, 3.05) is 5.32 Å². The van der Waals surface area contributed by atoms with Crippen LogP contribution in [0.25, 0.3) is 0 Å². The van der Waals surface area contributed by atoms with Crippen molar-refractivity contribution in [1.82, 2.24) is 9.78 Å². The number of anilines is 1. The van der Waals surface area contributed by atoms with E-state index in [2.05, 4.69) is 10.4 Å². The van der Waals surface area contributed by atoms with E-state index in [0.717, 1.165) is 12.0 Å². The van der Waals surface area contributed by atoms with Gasteiger partial charge in [0.25, 0.3) is 5.91 Å². The van der Waals surface area contributed by atoms with E-state index in [9.17, 15) is 19.7 Å². The highest BCUT2D eigenvalue weighted by molar-refractivity contribution is 5.95. The maximum Gasteiger partial charge on any atom is 0.328 e. The number of amides is 1. The Morgan fingerprint density at radius 3 is 2.44 bits per heavy atom. The summed E-state index contributed by atoms with van der Waals surface area (Å²) in [5.74, 6) is -1.17. The Kier molecular flexibility index (Phi) is 6.27. The zero-order valence-corrected chi connectivity index (χ0v) is 15.7. The van der Waals surface area contributed by atoms with Crippen molar-refractivity contribution in [3.05, 3.63) is 51.3 Å². The maximum atomic E-state index is 12.2. The summed E-state index contributed by atoms with van der Waals surface area (Å²) in [6, 6.07) is 7.37. The quantitative estimate of drug-likeness (QED) is 0.452. The molecule has 0 aliphatic heterocycles. The van der Waals surface area contributed by atoms with Crippen molar-refractivity contribution < 1.29 is 19.2 Å². The van der Waals surface area contributed by atoms with E-state index in [0.29, 0.717) is 5.69 Å². The van der Waals surface area contributed by atoms with E-state index in [4.69, 9.17) is 4.74 Å². The van der Waals surface area contributed by atoms with Crippen molar-refractivity contribution in [3.63, 3.8) is 0 Å². The molecule has 0 bridgehead atoms. The smallest absolute Gasteiger partial charge is 0.328 e. The number of carbonyl (C=O) groups is 2. The number of nitrogens with one attached hydrogen (secondary N) is 1. The molecule has 2 aromatic rings. The molecule has 2 rings (SSSR count). The molecule has 27 heavy (non-hydrogen) atoms. The van der Waals surface area contributed by atoms with Crippen molar-refractivity contribution in [2.24, 2.45) is 0 Å². The standard InChI is InChI=1S/C18H22N4O5/c1-5-14-6-8-15(9-7-14)19-18(24)13(4)27-16(23)10-21-12(3)17(22(25)26)11(2)20-21/h6-9,13H,5,10H2,1-4H3,(H,19,24)/t13-/m0/s1. The number of hydrogen-bond donors (Lipinski definition) is 1. The van der Waals surface area contributed by atoms with Crippen molar-refractivity contribution in [2.45, 2.75) is 46.8 Å². The van der Waals surface area contributed by atoms with Crippen LogP contribution in [0.3, 0.4) is 0 Å². The molecule has 1 N–H and O–H groups in total. The Hall–Kier alpha value is -3.23. The predicted octanol–water partition coefficient (Wildman–Crippen LogP) is 2.54. The molecule has 1 aromatic heterocycles. The average molecular weight is 374 g/mol. The Morgan fingerprint density at radius 1 is 1.30 bits per heavy atom. The Labute approximate surface area is 156 Å². The van der Waals surface area contributed by atoms with Gasteiger partial charge in [0.05, 0.1) is 4.92 Å². The van der Waals surface area contributed by atoms with Crippen LogP contribution in [0, 0.1) is 24.0 Å². The molecule has 144 valence electrons. The number of esters is 1. The van der Waals surface area contributed by atoms with Crippen molar-refractivity contribution >= 4 is 23.3 Å². The van der Waals surface area contributed by atoms with Gasteiger partial charge in [-0.3, -0.25) is 24.4 Å². The molecule has 0 unspecified atom stereocenters. The average Bonchev–Trinajstić information content (AvgIpc) is 2.88. The van der Waals surface area contributed by atoms with E-state index in [1.165, 1.54) is 25.5 Å². The molecule has 1 heterocycles. The maximum absolute atomic E-state index is 12.2. The first-order chi connectivity index (χ1) is 12.7. The number of carbonyl (C=O) groups excluding carboxylic acids is 2. The Bertz CT molecular complexity index is 857. The number of benzene rings is 1. The first-order valence-electron chi connectivity index (χ1n) is 8.50. The molecule has 0 saturated heterocycles. The van der Waals surface area contributed by atoms with Crippen LogP contribution in [0.2, 0.25) is 0 Å². The molecule has 0 saturated carbocycles. The highest BCUT2D eigenvalue weighted by Gasteiger charge is 2.24. The van der Waals surface area contributed by atoms with E-state index >= 15 is 0 Å². The zero-order chi connectivity index (χ0) is 20.1. The molecule has 1 atom stereocenters. The molecule has 9 nitrogen and oxygen atoms in total. The first kappa shape index (κ1) is 20.1. The van der Waals surface area contributed by atoms with E-state index < -0.39 is 22.9 Å². The summed E-state index contributed by atoms with van der Waals surface area (Å²) >= 11 is 0. The van der Waals surface area contributed by atoms with Gasteiger partial charge in [-0.05, 0) is 44.9 Å². The summed E-state index contributed by atoms with van der Waals surface area (Å²) < 4.78 is 6.31. The van der Waals surface area contributed by atoms with Gasteiger partial charge in [-0.25, -0.2) is 0 Å². The first-order valence-corrected chi connectivity index (χ1v) is 8.50. The minimum absolute atomic E-state index is 0.135. The predicted molar refractivity (Wildman–Crippen MR) is 98.4 cm³/mol. The van der Waals surface area contributed by atoms with E-state index in [1.54, 1.807) is 12.1 Å². The van der Waals surface area contributed by atoms with Gasteiger partial charge in [0.2, 0.25) is 0 Å². The summed E-state index contributed by atoms with van der Waals surface area (Å²) in [5.41, 5.74) is 2.08. The molecule has 1 amide bonds. The van der Waals surface area contributed by atoms with Crippen LogP contribution in [-0.2, 0) is 27.3 Å². The third-order valence-electron chi connectivity index (χ3n) is 4.11. The van der Waals surface area contributed by atoms with Crippen LogP contribution in [0.15, 0.2) is 24.3 Å². The number of aryl methyl sites for hydroxylation is 2. The zero-order valence-electron chi connectivity index (χ0n) is 15.7. The van der Waals surface area contributed by atoms with Gasteiger partial charge in [0.15, 0.2) is 6.10 Å². The fourth-order valence-corrected chi connectivity index (χ4v) is 2.58. The van der Waals surface area contributed by atoms with Crippen LogP contribution < -0.4 is 5.32 Å². The number of ether oxygens (including phenoxy) is 1. The third kappa shape index (κ3) is 4.90. The number of nitrogens with zero attached hydrogens (tertiary/aromatic N) is 3. The lowest BCUT2D eigenvalue weighted by atomic mass is 10.1. The summed E-state index contributed by atoms with van der Waals surface area (Å²) in [6.07, 6.45) is -0.123. The third-order valence-corrected chi connectivity index (χ3v) is 4.11. The number of hydrogen-bond acceptors (Lipinski definition) is 6.